The van der Waals surface area contributed by atoms with Crippen LogP contribution in [0.25, 0.3) is 0 Å². The molecule has 4 nitrogen and oxygen atoms in total. The molecule has 1 amide bonds. The number of carbonyl (C=O) groups is 1. The van der Waals surface area contributed by atoms with Crippen molar-refractivity contribution in [2.24, 2.45) is 0 Å². The molecule has 1 aromatic rings. The molecule has 0 aliphatic heterocycles. The first-order valence-corrected chi connectivity index (χ1v) is 5.15. The molecule has 0 spiro atoms. The van der Waals surface area contributed by atoms with Crippen molar-refractivity contribution >= 4 is 6.09 Å². The van der Waals surface area contributed by atoms with E-state index in [1.165, 1.54) is 4.90 Å². The Morgan fingerprint density at radius 1 is 1.31 bits per heavy atom. The fraction of sp³-hybridized carbons (Fsp3) is 0.417. The van der Waals surface area contributed by atoms with Gasteiger partial charge >= 0.3 is 6.09 Å². The molecule has 0 aromatic heterocycles. The van der Waals surface area contributed by atoms with Crippen LogP contribution in [0.3, 0.4) is 0 Å². The minimum absolute atomic E-state index is 0.0409. The van der Waals surface area contributed by atoms with Crippen molar-refractivity contribution in [2.75, 3.05) is 14.1 Å². The van der Waals surface area contributed by atoms with Crippen LogP contribution in [0.1, 0.15) is 13.8 Å². The van der Waals surface area contributed by atoms with Crippen molar-refractivity contribution in [3.8, 4) is 11.5 Å². The van der Waals surface area contributed by atoms with Gasteiger partial charge in [0.2, 0.25) is 0 Å². The number of para-hydroxylation sites is 2. The van der Waals surface area contributed by atoms with E-state index in [9.17, 15) is 4.79 Å². The smallest absolute Gasteiger partial charge is 0.414 e. The Kier molecular flexibility index (Phi) is 4.17. The lowest BCUT2D eigenvalue weighted by Crippen LogP contribution is -2.25. The molecule has 0 aliphatic carbocycles. The maximum Gasteiger partial charge on any atom is 0.414 e. The molecule has 0 bridgehead atoms. The number of rotatable bonds is 3. The Hall–Kier alpha value is -1.71. The van der Waals surface area contributed by atoms with Crippen LogP contribution < -0.4 is 9.47 Å². The third kappa shape index (κ3) is 3.46. The summed E-state index contributed by atoms with van der Waals surface area (Å²) in [4.78, 5) is 12.8. The lowest BCUT2D eigenvalue weighted by atomic mass is 10.3. The quantitative estimate of drug-likeness (QED) is 0.793. The summed E-state index contributed by atoms with van der Waals surface area (Å²) in [5.74, 6) is 1.02. The van der Waals surface area contributed by atoms with Gasteiger partial charge in [-0.25, -0.2) is 4.79 Å². The predicted octanol–water partition coefficient (Wildman–Crippen LogP) is 2.53. The van der Waals surface area contributed by atoms with Gasteiger partial charge in [-0.2, -0.15) is 0 Å². The lowest BCUT2D eigenvalue weighted by Gasteiger charge is -2.15. The van der Waals surface area contributed by atoms with E-state index in [0.29, 0.717) is 11.5 Å². The van der Waals surface area contributed by atoms with Gasteiger partial charge in [-0.3, -0.25) is 0 Å². The minimum atomic E-state index is -0.417. The van der Waals surface area contributed by atoms with E-state index >= 15 is 0 Å². The molecule has 88 valence electrons. The second-order valence-electron chi connectivity index (χ2n) is 3.88. The average Bonchev–Trinajstić information content (AvgIpc) is 2.20. The number of hydrogen-bond acceptors (Lipinski definition) is 3. The second-order valence-corrected chi connectivity index (χ2v) is 3.88. The van der Waals surface area contributed by atoms with Crippen LogP contribution in [0.5, 0.6) is 11.5 Å². The van der Waals surface area contributed by atoms with Gasteiger partial charge in [-0.1, -0.05) is 12.1 Å². The van der Waals surface area contributed by atoms with E-state index in [2.05, 4.69) is 0 Å². The standard InChI is InChI=1S/C12H17NO3/c1-9(2)15-10-7-5-6-8-11(10)16-12(14)13(3)4/h5-9H,1-4H3/i3+2. The highest BCUT2D eigenvalue weighted by molar-refractivity contribution is 5.70. The van der Waals surface area contributed by atoms with E-state index in [1.54, 1.807) is 32.3 Å². The first kappa shape index (κ1) is 12.4. The van der Waals surface area contributed by atoms with Crippen LogP contribution in [0.4, 0.5) is 4.79 Å². The Labute approximate surface area is 95.8 Å². The van der Waals surface area contributed by atoms with Gasteiger partial charge in [0, 0.05) is 14.1 Å². The number of benzene rings is 1. The molecule has 0 unspecified atom stereocenters. The van der Waals surface area contributed by atoms with Crippen molar-refractivity contribution in [2.45, 2.75) is 20.0 Å². The van der Waals surface area contributed by atoms with Crippen LogP contribution in [-0.2, 0) is 0 Å². The molecule has 0 atom stereocenters. The molecule has 0 saturated carbocycles. The molecular weight excluding hydrogens is 208 g/mol. The highest BCUT2D eigenvalue weighted by atomic mass is 16.6. The summed E-state index contributed by atoms with van der Waals surface area (Å²) in [6.45, 7) is 3.84. The van der Waals surface area contributed by atoms with Crippen molar-refractivity contribution in [3.05, 3.63) is 24.3 Å². The Balaban J connectivity index is 2.82. The van der Waals surface area contributed by atoms with Crippen molar-refractivity contribution in [1.29, 1.82) is 0 Å². The largest absolute Gasteiger partial charge is 0.487 e. The molecule has 0 N–H and O–H groups in total. The molecule has 1 aromatic carbocycles. The third-order valence-corrected chi connectivity index (χ3v) is 1.77. The number of nitrogens with zero attached hydrogens (tertiary/aromatic N) is 1. The lowest BCUT2D eigenvalue weighted by molar-refractivity contribution is 0.166. The molecule has 0 fully saturated rings. The van der Waals surface area contributed by atoms with Gasteiger partial charge in [0.25, 0.3) is 0 Å². The zero-order valence-electron chi connectivity index (χ0n) is 10.1. The van der Waals surface area contributed by atoms with E-state index in [4.69, 9.17) is 9.47 Å². The fourth-order valence-corrected chi connectivity index (χ4v) is 1.07. The van der Waals surface area contributed by atoms with Gasteiger partial charge in [0.1, 0.15) is 0 Å². The first-order valence-electron chi connectivity index (χ1n) is 5.15. The second kappa shape index (κ2) is 5.39. The summed E-state index contributed by atoms with van der Waals surface area (Å²) in [5.41, 5.74) is 0. The highest BCUT2D eigenvalue weighted by Crippen LogP contribution is 2.27. The maximum atomic E-state index is 11.4. The van der Waals surface area contributed by atoms with Gasteiger partial charge in [-0.05, 0) is 26.0 Å². The van der Waals surface area contributed by atoms with Crippen LogP contribution in [0.2, 0.25) is 0 Å². The van der Waals surface area contributed by atoms with E-state index in [1.807, 2.05) is 19.9 Å². The zero-order chi connectivity index (χ0) is 12.1. The number of carbonyl (C=O) groups excluding carboxylic acids is 1. The van der Waals surface area contributed by atoms with Gasteiger partial charge in [-0.15, -0.1) is 0 Å². The minimum Gasteiger partial charge on any atom is -0.487 e. The zero-order valence-corrected chi connectivity index (χ0v) is 10.1. The van der Waals surface area contributed by atoms with Crippen LogP contribution in [-0.4, -0.2) is 31.2 Å². The van der Waals surface area contributed by atoms with Crippen molar-refractivity contribution < 1.29 is 14.3 Å². The van der Waals surface area contributed by atoms with Crippen LogP contribution in [0.15, 0.2) is 24.3 Å². The first-order chi connectivity index (χ1) is 7.50. The van der Waals surface area contributed by atoms with E-state index in [0.717, 1.165) is 0 Å². The Morgan fingerprint density at radius 2 is 1.88 bits per heavy atom. The summed E-state index contributed by atoms with van der Waals surface area (Å²) >= 11 is 0. The Morgan fingerprint density at radius 3 is 2.38 bits per heavy atom. The summed E-state index contributed by atoms with van der Waals surface area (Å²) in [6, 6.07) is 7.12. The summed E-state index contributed by atoms with van der Waals surface area (Å²) in [7, 11) is 3.27. The van der Waals surface area contributed by atoms with Crippen LogP contribution in [0, 0.1) is 0 Å². The SMILES string of the molecule is CC(C)Oc1ccccc1OC(=O)N(C)[14CH3]. The fourth-order valence-electron chi connectivity index (χ4n) is 1.07. The summed E-state index contributed by atoms with van der Waals surface area (Å²) in [5, 5.41) is 0. The number of amides is 1. The molecule has 0 radical (unpaired) electrons. The van der Waals surface area contributed by atoms with Crippen molar-refractivity contribution in [3.63, 3.8) is 0 Å². The molecular formula is C12H17NO3. The van der Waals surface area contributed by atoms with Crippen molar-refractivity contribution in [1.82, 2.24) is 4.90 Å². The van der Waals surface area contributed by atoms with E-state index < -0.39 is 6.09 Å². The van der Waals surface area contributed by atoms with Gasteiger partial charge in [0.05, 0.1) is 6.10 Å². The normalized spacial score (nSPS) is 10.1. The molecule has 0 saturated heterocycles. The monoisotopic (exact) mass is 225 g/mol. The molecule has 4 heteroatoms. The number of ether oxygens (including phenoxy) is 2. The molecule has 0 heterocycles. The Bertz CT molecular complexity index is 361. The maximum absolute atomic E-state index is 11.4. The van der Waals surface area contributed by atoms with Gasteiger partial charge < -0.3 is 14.4 Å². The number of hydrogen-bond donors (Lipinski definition) is 0. The molecule has 1 rings (SSSR count). The van der Waals surface area contributed by atoms with Crippen LogP contribution >= 0.6 is 0 Å². The predicted molar refractivity (Wildman–Crippen MR) is 61.9 cm³/mol. The average molecular weight is 225 g/mol. The third-order valence-electron chi connectivity index (χ3n) is 1.77. The molecule has 0 aliphatic rings. The summed E-state index contributed by atoms with van der Waals surface area (Å²) < 4.78 is 10.7. The topological polar surface area (TPSA) is 38.8 Å². The molecule has 16 heavy (non-hydrogen) atoms. The highest BCUT2D eigenvalue weighted by Gasteiger charge is 2.11. The summed E-state index contributed by atoms with van der Waals surface area (Å²) in [6.07, 6.45) is -0.376. The van der Waals surface area contributed by atoms with Gasteiger partial charge in [0.15, 0.2) is 11.5 Å². The van der Waals surface area contributed by atoms with E-state index in [-0.39, 0.29) is 6.10 Å².